The van der Waals surface area contributed by atoms with Crippen molar-refractivity contribution in [1.82, 2.24) is 9.88 Å². The molecule has 1 aromatic heterocycles. The zero-order valence-corrected chi connectivity index (χ0v) is 17.4. The Labute approximate surface area is 180 Å². The number of amides is 2. The van der Waals surface area contributed by atoms with Gasteiger partial charge in [-0.15, -0.1) is 0 Å². The zero-order valence-electron chi connectivity index (χ0n) is 16.6. The van der Waals surface area contributed by atoms with Gasteiger partial charge in [0.1, 0.15) is 11.9 Å². The zero-order chi connectivity index (χ0) is 21.5. The monoisotopic (exact) mass is 427 g/mol. The van der Waals surface area contributed by atoms with E-state index in [-0.39, 0.29) is 6.03 Å². The number of nitrogens with one attached hydrogen (secondary N) is 1. The van der Waals surface area contributed by atoms with Crippen LogP contribution in [0.5, 0.6) is 0 Å². The molecule has 0 unspecified atom stereocenters. The van der Waals surface area contributed by atoms with Gasteiger partial charge in [-0.3, -0.25) is 0 Å². The first-order chi connectivity index (χ1) is 14.5. The van der Waals surface area contributed by atoms with Crippen LogP contribution in [0.2, 0.25) is 5.02 Å². The van der Waals surface area contributed by atoms with Gasteiger partial charge in [0, 0.05) is 38.1 Å². The quantitative estimate of drug-likeness (QED) is 0.749. The van der Waals surface area contributed by atoms with Gasteiger partial charge in [0.05, 0.1) is 22.8 Å². The van der Waals surface area contributed by atoms with Crippen LogP contribution >= 0.6 is 11.6 Å². The van der Waals surface area contributed by atoms with Crippen LogP contribution in [-0.4, -0.2) is 54.7 Å². The largest absolute Gasteiger partial charge is 0.462 e. The first-order valence-corrected chi connectivity index (χ1v) is 10.0. The molecule has 0 saturated carbocycles. The third-order valence-corrected chi connectivity index (χ3v) is 5.02. The predicted molar refractivity (Wildman–Crippen MR) is 114 cm³/mol. The highest BCUT2D eigenvalue weighted by atomic mass is 35.5. The summed E-state index contributed by atoms with van der Waals surface area (Å²) >= 11 is 6.03. The first-order valence-electron chi connectivity index (χ1n) is 9.65. The van der Waals surface area contributed by atoms with Crippen LogP contribution < -0.4 is 10.2 Å². The van der Waals surface area contributed by atoms with E-state index < -0.39 is 5.97 Å². The lowest BCUT2D eigenvalue weighted by Gasteiger charge is -2.23. The molecule has 0 spiro atoms. The number of carbonyl (C=O) groups is 2. The van der Waals surface area contributed by atoms with Crippen LogP contribution in [0.15, 0.2) is 36.5 Å². The molecule has 1 aromatic carbocycles. The van der Waals surface area contributed by atoms with Crippen molar-refractivity contribution in [3.63, 3.8) is 0 Å². The van der Waals surface area contributed by atoms with E-state index in [0.717, 1.165) is 18.8 Å². The van der Waals surface area contributed by atoms with Crippen LogP contribution in [0.1, 0.15) is 29.3 Å². The summed E-state index contributed by atoms with van der Waals surface area (Å²) in [5.41, 5.74) is 1.32. The minimum absolute atomic E-state index is 0.219. The maximum atomic E-state index is 12.6. The number of nitrogens with zero attached hydrogens (tertiary/aromatic N) is 4. The Kier molecular flexibility index (Phi) is 7.09. The van der Waals surface area contributed by atoms with Gasteiger partial charge in [-0.2, -0.15) is 5.26 Å². The molecule has 8 nitrogen and oxygen atoms in total. The van der Waals surface area contributed by atoms with Gasteiger partial charge < -0.3 is 19.9 Å². The predicted octanol–water partition coefficient (Wildman–Crippen LogP) is 3.53. The molecule has 1 fully saturated rings. The highest BCUT2D eigenvalue weighted by Crippen LogP contribution is 2.21. The second kappa shape index (κ2) is 9.94. The minimum atomic E-state index is -0.391. The number of halogens is 1. The molecule has 0 radical (unpaired) electrons. The van der Waals surface area contributed by atoms with Gasteiger partial charge in [-0.05, 0) is 43.7 Å². The summed E-state index contributed by atoms with van der Waals surface area (Å²) in [7, 11) is 0. The van der Waals surface area contributed by atoms with E-state index in [1.54, 1.807) is 42.2 Å². The number of ether oxygens (including phenoxy) is 1. The molecule has 2 aromatic rings. The van der Waals surface area contributed by atoms with Crippen LogP contribution in [0, 0.1) is 11.3 Å². The van der Waals surface area contributed by atoms with Crippen LogP contribution in [-0.2, 0) is 4.74 Å². The molecule has 0 atom stereocenters. The molecule has 1 saturated heterocycles. The normalized spacial score (nSPS) is 13.9. The van der Waals surface area contributed by atoms with Crippen molar-refractivity contribution in [3.8, 4) is 6.07 Å². The molecule has 9 heteroatoms. The Hall–Kier alpha value is -3.31. The number of rotatable bonds is 4. The molecule has 1 aliphatic heterocycles. The number of esters is 1. The topological polar surface area (TPSA) is 98.6 Å². The van der Waals surface area contributed by atoms with Gasteiger partial charge in [0.25, 0.3) is 0 Å². The van der Waals surface area contributed by atoms with Gasteiger partial charge in [0.15, 0.2) is 0 Å². The number of anilines is 2. The number of nitriles is 1. The lowest BCUT2D eigenvalue weighted by atomic mass is 10.2. The third kappa shape index (κ3) is 5.19. The smallest absolute Gasteiger partial charge is 0.339 e. The van der Waals surface area contributed by atoms with Gasteiger partial charge in [0.2, 0.25) is 0 Å². The van der Waals surface area contributed by atoms with E-state index in [1.807, 2.05) is 6.07 Å². The second-order valence-corrected chi connectivity index (χ2v) is 7.10. The van der Waals surface area contributed by atoms with Crippen molar-refractivity contribution >= 4 is 35.1 Å². The molecule has 0 aliphatic carbocycles. The second-order valence-electron chi connectivity index (χ2n) is 6.69. The highest BCUT2D eigenvalue weighted by molar-refractivity contribution is 6.32. The average Bonchev–Trinajstić information content (AvgIpc) is 3.01. The highest BCUT2D eigenvalue weighted by Gasteiger charge is 2.20. The standard InChI is InChI=1S/C21H22ClN5O3/c1-2-30-20(28)16-5-7-19(24-14-16)26-8-3-9-27(11-10-26)21(29)25-17-6-4-15(13-23)18(22)12-17/h4-7,12,14H,2-3,8-11H2,1H3,(H,25,29). The van der Waals surface area contributed by atoms with Crippen LogP contribution in [0.25, 0.3) is 0 Å². The van der Waals surface area contributed by atoms with Gasteiger partial charge in [-0.25, -0.2) is 14.6 Å². The first kappa shape index (κ1) is 21.4. The molecule has 1 aliphatic rings. The molecule has 156 valence electrons. The van der Waals surface area contributed by atoms with E-state index in [2.05, 4.69) is 15.2 Å². The Balaban J connectivity index is 1.59. The summed E-state index contributed by atoms with van der Waals surface area (Å²) in [5.74, 6) is 0.363. The molecule has 2 heterocycles. The molecule has 2 amide bonds. The maximum absolute atomic E-state index is 12.6. The Bertz CT molecular complexity index is 958. The lowest BCUT2D eigenvalue weighted by Crippen LogP contribution is -2.38. The Morgan fingerprint density at radius 1 is 1.23 bits per heavy atom. The maximum Gasteiger partial charge on any atom is 0.339 e. The number of urea groups is 1. The molecular formula is C21H22ClN5O3. The summed E-state index contributed by atoms with van der Waals surface area (Å²) in [4.78, 5) is 32.6. The van der Waals surface area contributed by atoms with Crippen molar-refractivity contribution in [2.45, 2.75) is 13.3 Å². The van der Waals surface area contributed by atoms with Crippen molar-refractivity contribution in [2.75, 3.05) is 43.0 Å². The number of hydrogen-bond donors (Lipinski definition) is 1. The third-order valence-electron chi connectivity index (χ3n) is 4.71. The molecule has 3 rings (SSSR count). The fraction of sp³-hybridized carbons (Fsp3) is 0.333. The molecule has 0 bridgehead atoms. The van der Waals surface area contributed by atoms with Crippen molar-refractivity contribution < 1.29 is 14.3 Å². The lowest BCUT2D eigenvalue weighted by molar-refractivity contribution is 0.0526. The molecule has 30 heavy (non-hydrogen) atoms. The summed E-state index contributed by atoms with van der Waals surface area (Å²) in [5, 5.41) is 12.1. The fourth-order valence-electron chi connectivity index (χ4n) is 3.14. The fourth-order valence-corrected chi connectivity index (χ4v) is 3.37. The van der Waals surface area contributed by atoms with Crippen molar-refractivity contribution in [1.29, 1.82) is 5.26 Å². The minimum Gasteiger partial charge on any atom is -0.462 e. The number of pyridine rings is 1. The van der Waals surface area contributed by atoms with Crippen molar-refractivity contribution in [2.24, 2.45) is 0 Å². The van der Waals surface area contributed by atoms with E-state index >= 15 is 0 Å². The molecular weight excluding hydrogens is 406 g/mol. The van der Waals surface area contributed by atoms with Crippen molar-refractivity contribution in [3.05, 3.63) is 52.7 Å². The van der Waals surface area contributed by atoms with Gasteiger partial charge >= 0.3 is 12.0 Å². The van der Waals surface area contributed by atoms with Crippen LogP contribution in [0.3, 0.4) is 0 Å². The van der Waals surface area contributed by atoms with Gasteiger partial charge in [-0.1, -0.05) is 11.6 Å². The van der Waals surface area contributed by atoms with E-state index in [0.29, 0.717) is 48.1 Å². The Morgan fingerprint density at radius 2 is 2.07 bits per heavy atom. The Morgan fingerprint density at radius 3 is 2.73 bits per heavy atom. The summed E-state index contributed by atoms with van der Waals surface area (Å²) in [6.07, 6.45) is 2.29. The number of aromatic nitrogens is 1. The SMILES string of the molecule is CCOC(=O)c1ccc(N2CCCN(C(=O)Nc3ccc(C#N)c(Cl)c3)CC2)nc1. The average molecular weight is 428 g/mol. The summed E-state index contributed by atoms with van der Waals surface area (Å²) in [6.45, 7) is 4.57. The summed E-state index contributed by atoms with van der Waals surface area (Å²) < 4.78 is 4.98. The van der Waals surface area contributed by atoms with Crippen LogP contribution in [0.4, 0.5) is 16.3 Å². The number of carbonyl (C=O) groups excluding carboxylic acids is 2. The molecule has 1 N–H and O–H groups in total. The number of hydrogen-bond acceptors (Lipinski definition) is 6. The number of benzene rings is 1. The van der Waals surface area contributed by atoms with E-state index in [9.17, 15) is 9.59 Å². The summed E-state index contributed by atoms with van der Waals surface area (Å²) in [6, 6.07) is 10.1. The van der Waals surface area contributed by atoms with E-state index in [1.165, 1.54) is 6.20 Å². The van der Waals surface area contributed by atoms with E-state index in [4.69, 9.17) is 21.6 Å².